The lowest BCUT2D eigenvalue weighted by Crippen LogP contribution is -2.51. The van der Waals surface area contributed by atoms with Gasteiger partial charge in [0.1, 0.15) is 34.8 Å². The van der Waals surface area contributed by atoms with Crippen LogP contribution in [0.15, 0.2) is 30.1 Å². The van der Waals surface area contributed by atoms with Gasteiger partial charge < -0.3 is 20.7 Å². The summed E-state index contributed by atoms with van der Waals surface area (Å²) in [5, 5.41) is 14.3. The second-order valence-corrected chi connectivity index (χ2v) is 14.0. The molecule has 0 radical (unpaired) electrons. The molecule has 4 saturated heterocycles. The van der Waals surface area contributed by atoms with E-state index in [0.717, 1.165) is 49.1 Å². The van der Waals surface area contributed by atoms with E-state index < -0.39 is 11.6 Å². The maximum atomic E-state index is 16.9. The summed E-state index contributed by atoms with van der Waals surface area (Å²) in [7, 11) is 0. The number of nitriles is 1. The molecule has 2 aromatic carbocycles. The standard InChI is InChI=1S/C32H29ClF3N7OS/c33-22-8-20-27(26(36)25(22)19-4-5-23(35)28-24(19)21(11-37)29(38)45-28)40-31(41-30(20)42-13-17-2-3-18(14-42)39-17)44-15-32-6-1-7-43(32)12-16(9-32)10-34/h4-5,8,10,17-18,39H,1-3,6-7,9,12-15,38H2/b16-10-/t17-,18+,32-/m0/s1. The van der Waals surface area contributed by atoms with Crippen LogP contribution in [0.4, 0.5) is 24.0 Å². The second-order valence-electron chi connectivity index (χ2n) is 12.6. The SMILES string of the molecule is N#Cc1c(N)sc2c(F)ccc(-c3c(Cl)cc4c(N5C[C@H]6CC[C@@H](C5)N6)nc(OC[C@@]56CCCN5C/C(=C\F)C6)nc4c3F)c12. The lowest BCUT2D eigenvalue weighted by molar-refractivity contribution is 0.108. The number of hydrogen-bond acceptors (Lipinski definition) is 9. The summed E-state index contributed by atoms with van der Waals surface area (Å²) >= 11 is 7.77. The highest BCUT2D eigenvalue weighted by molar-refractivity contribution is 7.23. The number of thiophene rings is 1. The number of benzene rings is 2. The molecule has 0 saturated carbocycles. The summed E-state index contributed by atoms with van der Waals surface area (Å²) in [6, 6.07) is 6.91. The van der Waals surface area contributed by atoms with Gasteiger partial charge in [-0.25, -0.2) is 13.2 Å². The number of nitrogens with two attached hydrogens (primary N) is 1. The minimum absolute atomic E-state index is 0.00599. The van der Waals surface area contributed by atoms with Crippen LogP contribution in [0.25, 0.3) is 32.1 Å². The Kier molecular flexibility index (Phi) is 6.87. The van der Waals surface area contributed by atoms with Gasteiger partial charge >= 0.3 is 6.01 Å². The number of nitrogens with one attached hydrogen (secondary N) is 1. The fourth-order valence-corrected chi connectivity index (χ4v) is 9.09. The fourth-order valence-electron chi connectivity index (χ4n) is 7.84. The second kappa shape index (κ2) is 10.7. The molecule has 13 heteroatoms. The molecule has 8 nitrogen and oxygen atoms in total. The zero-order chi connectivity index (χ0) is 31.0. The van der Waals surface area contributed by atoms with Gasteiger partial charge in [-0.2, -0.15) is 15.2 Å². The molecule has 0 aliphatic carbocycles. The summed E-state index contributed by atoms with van der Waals surface area (Å²) < 4.78 is 51.7. The van der Waals surface area contributed by atoms with Gasteiger partial charge in [-0.05, 0) is 61.9 Å². The van der Waals surface area contributed by atoms with Crippen molar-refractivity contribution in [3.8, 4) is 23.2 Å². The number of halogens is 4. The molecule has 4 fully saturated rings. The van der Waals surface area contributed by atoms with Gasteiger partial charge in [0.2, 0.25) is 0 Å². The van der Waals surface area contributed by atoms with Gasteiger partial charge in [-0.1, -0.05) is 17.7 Å². The van der Waals surface area contributed by atoms with E-state index in [0.29, 0.717) is 43.6 Å². The van der Waals surface area contributed by atoms with Crippen LogP contribution in [-0.4, -0.2) is 65.3 Å². The molecule has 6 heterocycles. The Morgan fingerprint density at radius 1 is 1.24 bits per heavy atom. The maximum absolute atomic E-state index is 16.9. The van der Waals surface area contributed by atoms with Crippen LogP contribution in [0.2, 0.25) is 5.02 Å². The van der Waals surface area contributed by atoms with Crippen LogP contribution < -0.4 is 20.7 Å². The van der Waals surface area contributed by atoms with Crippen molar-refractivity contribution in [2.45, 2.75) is 49.7 Å². The zero-order valence-corrected chi connectivity index (χ0v) is 25.7. The van der Waals surface area contributed by atoms with Crippen LogP contribution in [-0.2, 0) is 0 Å². The molecular formula is C32H29ClF3N7OS. The van der Waals surface area contributed by atoms with Crippen LogP contribution in [0, 0.1) is 23.0 Å². The fraction of sp³-hybridized carbons (Fsp3) is 0.406. The Bertz CT molecular complexity index is 1950. The van der Waals surface area contributed by atoms with Crippen LogP contribution >= 0.6 is 22.9 Å². The van der Waals surface area contributed by atoms with Crippen molar-refractivity contribution in [1.82, 2.24) is 20.2 Å². The average Bonchev–Trinajstić information content (AvgIpc) is 3.77. The molecule has 4 aliphatic heterocycles. The third kappa shape index (κ3) is 4.54. The van der Waals surface area contributed by atoms with E-state index in [4.69, 9.17) is 27.1 Å². The lowest BCUT2D eigenvalue weighted by Gasteiger charge is -2.34. The predicted molar refractivity (Wildman–Crippen MR) is 169 cm³/mol. The van der Waals surface area contributed by atoms with Crippen LogP contribution in [0.1, 0.15) is 37.7 Å². The molecule has 0 amide bonds. The Labute approximate surface area is 266 Å². The first kappa shape index (κ1) is 28.8. The summed E-state index contributed by atoms with van der Waals surface area (Å²) in [4.78, 5) is 13.8. The van der Waals surface area contributed by atoms with Crippen molar-refractivity contribution >= 4 is 54.7 Å². The third-order valence-corrected chi connectivity index (χ3v) is 11.2. The molecule has 45 heavy (non-hydrogen) atoms. The summed E-state index contributed by atoms with van der Waals surface area (Å²) in [6.07, 6.45) is 5.17. The topological polar surface area (TPSA) is 103 Å². The predicted octanol–water partition coefficient (Wildman–Crippen LogP) is 6.31. The molecule has 2 aromatic heterocycles. The summed E-state index contributed by atoms with van der Waals surface area (Å²) in [5.74, 6) is -0.759. The van der Waals surface area contributed by atoms with E-state index in [1.807, 2.05) is 6.07 Å². The number of ether oxygens (including phenoxy) is 1. The van der Waals surface area contributed by atoms with Crippen LogP contribution in [0.5, 0.6) is 6.01 Å². The number of piperazine rings is 1. The minimum atomic E-state index is -0.727. The zero-order valence-electron chi connectivity index (χ0n) is 24.2. The number of fused-ring (bicyclic) bond motifs is 5. The van der Waals surface area contributed by atoms with E-state index in [2.05, 4.69) is 20.1 Å². The van der Waals surface area contributed by atoms with Crippen molar-refractivity contribution in [1.29, 1.82) is 5.26 Å². The normalized spacial score (nSPS) is 25.5. The van der Waals surface area contributed by atoms with Crippen molar-refractivity contribution in [2.24, 2.45) is 0 Å². The molecule has 3 N–H and O–H groups in total. The Balaban J connectivity index is 1.28. The van der Waals surface area contributed by atoms with E-state index in [9.17, 15) is 14.0 Å². The van der Waals surface area contributed by atoms with Crippen LogP contribution in [0.3, 0.4) is 0 Å². The highest BCUT2D eigenvalue weighted by Crippen LogP contribution is 2.46. The highest BCUT2D eigenvalue weighted by Gasteiger charge is 2.47. The molecule has 8 rings (SSSR count). The van der Waals surface area contributed by atoms with Gasteiger partial charge in [0.05, 0.1) is 27.2 Å². The van der Waals surface area contributed by atoms with E-state index in [1.54, 1.807) is 6.07 Å². The highest BCUT2D eigenvalue weighted by atomic mass is 35.5. The third-order valence-electron chi connectivity index (χ3n) is 9.87. The molecule has 0 spiro atoms. The van der Waals surface area contributed by atoms with Gasteiger partial charge in [0.25, 0.3) is 0 Å². The quantitative estimate of drug-likeness (QED) is 0.259. The minimum Gasteiger partial charge on any atom is -0.461 e. The van der Waals surface area contributed by atoms with Crippen molar-refractivity contribution in [2.75, 3.05) is 43.4 Å². The van der Waals surface area contributed by atoms with Crippen molar-refractivity contribution < 1.29 is 17.9 Å². The van der Waals surface area contributed by atoms with Gasteiger partial charge in [-0.3, -0.25) is 4.90 Å². The first-order chi connectivity index (χ1) is 21.8. The van der Waals surface area contributed by atoms with E-state index >= 15 is 4.39 Å². The number of hydrogen-bond donors (Lipinski definition) is 2. The van der Waals surface area contributed by atoms with Gasteiger partial charge in [0, 0.05) is 48.1 Å². The monoisotopic (exact) mass is 651 g/mol. The largest absolute Gasteiger partial charge is 0.461 e. The molecular weight excluding hydrogens is 623 g/mol. The number of rotatable bonds is 5. The first-order valence-electron chi connectivity index (χ1n) is 15.1. The average molecular weight is 652 g/mol. The molecule has 0 unspecified atom stereocenters. The van der Waals surface area contributed by atoms with Crippen molar-refractivity contribution in [3.05, 3.63) is 52.3 Å². The smallest absolute Gasteiger partial charge is 0.319 e. The number of nitrogen functional groups attached to an aromatic ring is 1. The Morgan fingerprint density at radius 3 is 2.80 bits per heavy atom. The maximum Gasteiger partial charge on any atom is 0.319 e. The summed E-state index contributed by atoms with van der Waals surface area (Å²) in [6.45, 7) is 3.03. The molecule has 3 atom stereocenters. The molecule has 232 valence electrons. The first-order valence-corrected chi connectivity index (χ1v) is 16.3. The summed E-state index contributed by atoms with van der Waals surface area (Å²) in [5.41, 5.74) is 6.76. The Hall–Kier alpha value is -3.63. The van der Waals surface area contributed by atoms with E-state index in [1.165, 1.54) is 12.1 Å². The van der Waals surface area contributed by atoms with Gasteiger partial charge in [0.15, 0.2) is 5.82 Å². The Morgan fingerprint density at radius 2 is 2.04 bits per heavy atom. The van der Waals surface area contributed by atoms with Crippen molar-refractivity contribution in [3.63, 3.8) is 0 Å². The van der Waals surface area contributed by atoms with Gasteiger partial charge in [-0.15, -0.1) is 11.3 Å². The molecule has 4 aliphatic rings. The molecule has 2 bridgehead atoms. The van der Waals surface area contributed by atoms with E-state index in [-0.39, 0.29) is 72.6 Å². The lowest BCUT2D eigenvalue weighted by atomic mass is 9.94. The number of anilines is 2. The number of nitrogens with zero attached hydrogens (tertiary/aromatic N) is 5. The number of aromatic nitrogens is 2. The molecule has 4 aromatic rings.